The van der Waals surface area contributed by atoms with Gasteiger partial charge in [0.2, 0.25) is 0 Å². The molecular weight excluding hydrogens is 382 g/mol. The molecule has 0 bridgehead atoms. The Morgan fingerprint density at radius 3 is 2.14 bits per heavy atom. The Hall–Kier alpha value is -4.08. The van der Waals surface area contributed by atoms with Gasteiger partial charge in [0, 0.05) is 17.8 Å². The maximum Gasteiger partial charge on any atom is 0.329 e. The number of benzene rings is 2. The molecule has 1 aliphatic rings. The number of hydrogen-bond acceptors (Lipinski definition) is 7. The summed E-state index contributed by atoms with van der Waals surface area (Å²) in [6.07, 6.45) is 0. The average Bonchev–Trinajstić information content (AvgIpc) is 2.96. The number of carbonyl (C=O) groups is 4. The summed E-state index contributed by atoms with van der Waals surface area (Å²) < 4.78 is 4.90. The number of rotatable bonds is 6. The second kappa shape index (κ2) is 7.89. The number of nitro groups is 1. The molecule has 0 spiro atoms. The van der Waals surface area contributed by atoms with Crippen molar-refractivity contribution in [2.24, 2.45) is 0 Å². The van der Waals surface area contributed by atoms with E-state index in [1.165, 1.54) is 43.3 Å². The SMILES string of the molecule is C[C@@H](C(=O)OCC(=O)Nc1ccc([N+](=O)[O-])cc1)N1C(=O)c2ccccc2C1=O. The summed E-state index contributed by atoms with van der Waals surface area (Å²) in [5.74, 6) is -2.81. The van der Waals surface area contributed by atoms with Crippen LogP contribution < -0.4 is 5.32 Å². The number of ether oxygens (including phenoxy) is 1. The molecule has 3 amide bonds. The third-order valence-corrected chi connectivity index (χ3v) is 4.26. The Balaban J connectivity index is 1.56. The number of anilines is 1. The van der Waals surface area contributed by atoms with Crippen LogP contribution in [0.2, 0.25) is 0 Å². The van der Waals surface area contributed by atoms with Crippen LogP contribution in [0.1, 0.15) is 27.6 Å². The lowest BCUT2D eigenvalue weighted by Crippen LogP contribution is -2.44. The first-order chi connectivity index (χ1) is 13.8. The van der Waals surface area contributed by atoms with E-state index in [1.807, 2.05) is 0 Å². The summed E-state index contributed by atoms with van der Waals surface area (Å²) in [4.78, 5) is 59.7. The highest BCUT2D eigenvalue weighted by Crippen LogP contribution is 2.24. The van der Waals surface area contributed by atoms with Crippen molar-refractivity contribution < 1.29 is 28.8 Å². The molecule has 1 aliphatic heterocycles. The van der Waals surface area contributed by atoms with E-state index < -0.39 is 41.3 Å². The number of esters is 1. The number of imide groups is 1. The molecule has 3 rings (SSSR count). The minimum absolute atomic E-state index is 0.135. The van der Waals surface area contributed by atoms with Gasteiger partial charge in [-0.05, 0) is 31.2 Å². The van der Waals surface area contributed by atoms with Gasteiger partial charge in [-0.2, -0.15) is 0 Å². The second-order valence-corrected chi connectivity index (χ2v) is 6.16. The number of amides is 3. The van der Waals surface area contributed by atoms with Gasteiger partial charge in [-0.25, -0.2) is 4.79 Å². The van der Waals surface area contributed by atoms with Crippen molar-refractivity contribution in [3.05, 3.63) is 69.8 Å². The molecule has 0 saturated heterocycles. The lowest BCUT2D eigenvalue weighted by atomic mass is 10.1. The van der Waals surface area contributed by atoms with Gasteiger partial charge < -0.3 is 10.1 Å². The molecule has 10 heteroatoms. The maximum absolute atomic E-state index is 12.4. The van der Waals surface area contributed by atoms with Crippen molar-refractivity contribution in [3.63, 3.8) is 0 Å². The fourth-order valence-corrected chi connectivity index (χ4v) is 2.79. The molecule has 1 heterocycles. The molecule has 29 heavy (non-hydrogen) atoms. The Morgan fingerprint density at radius 1 is 1.07 bits per heavy atom. The number of nitrogens with one attached hydrogen (secondary N) is 1. The van der Waals surface area contributed by atoms with E-state index in [1.54, 1.807) is 12.1 Å². The third kappa shape index (κ3) is 3.95. The van der Waals surface area contributed by atoms with Gasteiger partial charge in [0.15, 0.2) is 6.61 Å². The van der Waals surface area contributed by atoms with Crippen LogP contribution in [-0.2, 0) is 14.3 Å². The molecule has 148 valence electrons. The molecule has 1 atom stereocenters. The predicted octanol–water partition coefficient (Wildman–Crippen LogP) is 1.76. The van der Waals surface area contributed by atoms with E-state index in [-0.39, 0.29) is 22.5 Å². The van der Waals surface area contributed by atoms with Gasteiger partial charge in [0.25, 0.3) is 23.4 Å². The zero-order valence-electron chi connectivity index (χ0n) is 15.2. The lowest BCUT2D eigenvalue weighted by Gasteiger charge is -2.20. The molecule has 10 nitrogen and oxygen atoms in total. The quantitative estimate of drug-likeness (QED) is 0.339. The van der Waals surface area contributed by atoms with Gasteiger partial charge in [-0.3, -0.25) is 29.4 Å². The van der Waals surface area contributed by atoms with Crippen molar-refractivity contribution in [1.82, 2.24) is 4.90 Å². The van der Waals surface area contributed by atoms with Crippen LogP contribution >= 0.6 is 0 Å². The minimum atomic E-state index is -1.21. The van der Waals surface area contributed by atoms with Gasteiger partial charge in [0.05, 0.1) is 16.1 Å². The average molecular weight is 397 g/mol. The molecule has 0 radical (unpaired) electrons. The molecule has 0 unspecified atom stereocenters. The van der Waals surface area contributed by atoms with Crippen LogP contribution in [0.25, 0.3) is 0 Å². The van der Waals surface area contributed by atoms with E-state index in [0.29, 0.717) is 0 Å². The highest BCUT2D eigenvalue weighted by Gasteiger charge is 2.41. The molecule has 0 fully saturated rings. The van der Waals surface area contributed by atoms with E-state index in [9.17, 15) is 29.3 Å². The number of non-ortho nitro benzene ring substituents is 1. The fourth-order valence-electron chi connectivity index (χ4n) is 2.79. The zero-order valence-corrected chi connectivity index (χ0v) is 15.2. The highest BCUT2D eigenvalue weighted by molar-refractivity contribution is 6.22. The van der Waals surface area contributed by atoms with Crippen LogP contribution in [0.15, 0.2) is 48.5 Å². The minimum Gasteiger partial charge on any atom is -0.454 e. The van der Waals surface area contributed by atoms with Crippen molar-refractivity contribution in [3.8, 4) is 0 Å². The molecule has 0 saturated carbocycles. The molecule has 2 aromatic rings. The zero-order chi connectivity index (χ0) is 21.1. The Morgan fingerprint density at radius 2 is 1.62 bits per heavy atom. The van der Waals surface area contributed by atoms with Crippen molar-refractivity contribution in [2.45, 2.75) is 13.0 Å². The highest BCUT2D eigenvalue weighted by atomic mass is 16.6. The fraction of sp³-hybridized carbons (Fsp3) is 0.158. The molecular formula is C19H15N3O7. The first kappa shape index (κ1) is 19.7. The van der Waals surface area contributed by atoms with Gasteiger partial charge in [-0.15, -0.1) is 0 Å². The molecule has 0 aliphatic carbocycles. The van der Waals surface area contributed by atoms with Crippen LogP contribution in [-0.4, -0.2) is 46.2 Å². The van der Waals surface area contributed by atoms with Crippen molar-refractivity contribution in [1.29, 1.82) is 0 Å². The number of hydrogen-bond donors (Lipinski definition) is 1. The van der Waals surface area contributed by atoms with Crippen molar-refractivity contribution in [2.75, 3.05) is 11.9 Å². The first-order valence-electron chi connectivity index (χ1n) is 8.47. The summed E-state index contributed by atoms with van der Waals surface area (Å²) in [5.41, 5.74) is 0.551. The van der Waals surface area contributed by atoms with E-state index in [0.717, 1.165) is 4.90 Å². The summed E-state index contributed by atoms with van der Waals surface area (Å²) >= 11 is 0. The summed E-state index contributed by atoms with van der Waals surface area (Å²) in [5, 5.41) is 13.0. The Kier molecular flexibility index (Phi) is 5.35. The first-order valence-corrected chi connectivity index (χ1v) is 8.47. The topological polar surface area (TPSA) is 136 Å². The number of nitro benzene ring substituents is 1. The normalized spacial score (nSPS) is 13.6. The number of fused-ring (bicyclic) bond motifs is 1. The largest absolute Gasteiger partial charge is 0.454 e. The summed E-state index contributed by atoms with van der Waals surface area (Å²) in [7, 11) is 0. The van der Waals surface area contributed by atoms with Gasteiger partial charge in [0.1, 0.15) is 6.04 Å². The standard InChI is InChI=1S/C19H15N3O7/c1-11(21-17(24)14-4-2-3-5-15(14)18(21)25)19(26)29-10-16(23)20-12-6-8-13(9-7-12)22(27)28/h2-9,11H,10H2,1H3,(H,20,23)/t11-/m0/s1. The molecule has 1 N–H and O–H groups in total. The number of nitrogens with zero attached hydrogens (tertiary/aromatic N) is 2. The lowest BCUT2D eigenvalue weighted by molar-refractivity contribution is -0.384. The van der Waals surface area contributed by atoms with E-state index in [2.05, 4.69) is 5.32 Å². The van der Waals surface area contributed by atoms with E-state index >= 15 is 0 Å². The Bertz CT molecular complexity index is 982. The van der Waals surface area contributed by atoms with Crippen LogP contribution in [0.3, 0.4) is 0 Å². The number of carbonyl (C=O) groups excluding carboxylic acids is 4. The van der Waals surface area contributed by atoms with Crippen LogP contribution in [0, 0.1) is 10.1 Å². The smallest absolute Gasteiger partial charge is 0.329 e. The third-order valence-electron chi connectivity index (χ3n) is 4.26. The van der Waals surface area contributed by atoms with Gasteiger partial charge in [-0.1, -0.05) is 12.1 Å². The molecule has 2 aromatic carbocycles. The van der Waals surface area contributed by atoms with Crippen molar-refractivity contribution >= 4 is 35.1 Å². The second-order valence-electron chi connectivity index (χ2n) is 6.16. The molecule has 0 aromatic heterocycles. The van der Waals surface area contributed by atoms with Crippen LogP contribution in [0.5, 0.6) is 0 Å². The van der Waals surface area contributed by atoms with E-state index in [4.69, 9.17) is 4.74 Å². The monoisotopic (exact) mass is 397 g/mol. The Labute approximate surface area is 164 Å². The van der Waals surface area contributed by atoms with Crippen LogP contribution in [0.4, 0.5) is 11.4 Å². The maximum atomic E-state index is 12.4. The summed E-state index contributed by atoms with van der Waals surface area (Å²) in [6.45, 7) is 0.682. The predicted molar refractivity (Wildman–Crippen MR) is 99.1 cm³/mol. The summed E-state index contributed by atoms with van der Waals surface area (Å²) in [6, 6.07) is 10.1. The van der Waals surface area contributed by atoms with Gasteiger partial charge >= 0.3 is 5.97 Å².